The first-order chi connectivity index (χ1) is 11.7. The van der Waals surface area contributed by atoms with Crippen LogP contribution in [0.1, 0.15) is 0 Å². The van der Waals surface area contributed by atoms with Crippen LogP contribution in [0.15, 0.2) is 60.7 Å². The predicted molar refractivity (Wildman–Crippen MR) is 101 cm³/mol. The van der Waals surface area contributed by atoms with E-state index in [4.69, 9.17) is 17.5 Å². The molecule has 2 aromatic carbocycles. The lowest BCUT2D eigenvalue weighted by molar-refractivity contribution is 0.281. The van der Waals surface area contributed by atoms with E-state index in [1.807, 2.05) is 36.4 Å². The van der Waals surface area contributed by atoms with Crippen LogP contribution >= 0.6 is 15.2 Å². The molecule has 2 aromatic rings. The van der Waals surface area contributed by atoms with E-state index in [2.05, 4.69) is 0 Å². The summed E-state index contributed by atoms with van der Waals surface area (Å²) >= 11 is 0. The molecule has 2 atom stereocenters. The summed E-state index contributed by atoms with van der Waals surface area (Å²) in [6.45, 7) is 2.72. The molecule has 0 aromatic heterocycles. The Morgan fingerprint density at radius 1 is 0.680 bits per heavy atom. The zero-order valence-corrected chi connectivity index (χ0v) is 17.4. The second-order valence-electron chi connectivity index (χ2n) is 5.44. The number of benzene rings is 2. The summed E-state index contributed by atoms with van der Waals surface area (Å²) in [6, 6.07) is 18.1. The Morgan fingerprint density at radius 2 is 1.00 bits per heavy atom. The van der Waals surface area contributed by atoms with Crippen LogP contribution < -0.4 is 10.4 Å². The maximum Gasteiger partial charge on any atom is 0.420 e. The van der Waals surface area contributed by atoms with Crippen molar-refractivity contribution in [1.29, 1.82) is 0 Å². The highest BCUT2D eigenvalue weighted by atomic mass is 31.2. The van der Waals surface area contributed by atoms with Crippen LogP contribution in [0.3, 0.4) is 0 Å². The van der Waals surface area contributed by atoms with Crippen LogP contribution in [0.4, 0.5) is 0 Å². The van der Waals surface area contributed by atoms with Crippen molar-refractivity contribution >= 4 is 34.1 Å². The molecule has 6 nitrogen and oxygen atoms in total. The molecule has 0 N–H and O–H groups in total. The van der Waals surface area contributed by atoms with Crippen LogP contribution in [-0.4, -0.2) is 36.1 Å². The molecule has 25 heavy (non-hydrogen) atoms. The summed E-state index contributed by atoms with van der Waals surface area (Å²) < 4.78 is 47.4. The van der Waals surface area contributed by atoms with E-state index < -0.39 is 23.8 Å². The second-order valence-corrected chi connectivity index (χ2v) is 13.1. The summed E-state index contributed by atoms with van der Waals surface area (Å²) in [4.78, 5) is 0. The van der Waals surface area contributed by atoms with Crippen LogP contribution in [-0.2, 0) is 26.6 Å². The summed E-state index contributed by atoms with van der Waals surface area (Å²) in [5.41, 5.74) is 0. The Labute approximate surface area is 149 Å². The topological polar surface area (TPSA) is 71.1 Å². The zero-order chi connectivity index (χ0) is 18.6. The summed E-state index contributed by atoms with van der Waals surface area (Å²) in [6.07, 6.45) is 0. The highest BCUT2D eigenvalue weighted by Crippen LogP contribution is 2.51. The van der Waals surface area contributed by atoms with E-state index in [1.165, 1.54) is 27.5 Å². The lowest BCUT2D eigenvalue weighted by Crippen LogP contribution is -2.62. The molecule has 0 aliphatic rings. The van der Waals surface area contributed by atoms with Gasteiger partial charge in [-0.05, 0) is 10.4 Å². The van der Waals surface area contributed by atoms with Gasteiger partial charge < -0.3 is 17.5 Å². The third-order valence-electron chi connectivity index (χ3n) is 3.56. The fraction of sp³-hybridized carbons (Fsp3) is 0.250. The largest absolute Gasteiger partial charge is 0.420 e. The van der Waals surface area contributed by atoms with E-state index in [0.29, 0.717) is 10.4 Å². The first kappa shape index (κ1) is 20.3. The van der Waals surface area contributed by atoms with Crippen molar-refractivity contribution in [3.8, 4) is 0 Å². The second kappa shape index (κ2) is 8.10. The minimum absolute atomic E-state index is 0.652. The fourth-order valence-electron chi connectivity index (χ4n) is 2.25. The van der Waals surface area contributed by atoms with Crippen LogP contribution in [0.25, 0.3) is 0 Å². The minimum Gasteiger partial charge on any atom is -0.315 e. The van der Waals surface area contributed by atoms with Crippen molar-refractivity contribution in [2.24, 2.45) is 0 Å². The van der Waals surface area contributed by atoms with Crippen LogP contribution in [0.2, 0.25) is 0 Å². The van der Waals surface area contributed by atoms with E-state index >= 15 is 0 Å². The standard InChI is InChI=1S/C16H22O6P2Si/c1-19-23(3,17)21-25(22-24(4,18)20-2,15-11-7-5-8-12-15)16-13-9-6-10-14-16/h5-14H,1-4H3. The Morgan fingerprint density at radius 3 is 1.28 bits per heavy atom. The Kier molecular flexibility index (Phi) is 6.57. The SMILES string of the molecule is COP(C)(=O)O[Si](OP(C)(=O)OC)(c1ccccc1)c1ccccc1. The molecule has 0 amide bonds. The van der Waals surface area contributed by atoms with Gasteiger partial charge in [-0.3, -0.25) is 9.13 Å². The van der Waals surface area contributed by atoms with Gasteiger partial charge in [0.2, 0.25) is 0 Å². The van der Waals surface area contributed by atoms with Gasteiger partial charge in [-0.2, -0.15) is 0 Å². The monoisotopic (exact) mass is 400 g/mol. The van der Waals surface area contributed by atoms with E-state index in [0.717, 1.165) is 0 Å². The molecule has 136 valence electrons. The number of hydrogen-bond donors (Lipinski definition) is 0. The Bertz CT molecular complexity index is 716. The lowest BCUT2D eigenvalue weighted by atomic mass is 10.4. The van der Waals surface area contributed by atoms with Gasteiger partial charge in [0, 0.05) is 27.5 Å². The quantitative estimate of drug-likeness (QED) is 0.501. The van der Waals surface area contributed by atoms with Crippen molar-refractivity contribution in [1.82, 2.24) is 0 Å². The molecule has 0 spiro atoms. The molecule has 2 unspecified atom stereocenters. The van der Waals surface area contributed by atoms with Gasteiger partial charge in [0.15, 0.2) is 0 Å². The molecule has 0 saturated carbocycles. The molecule has 9 heteroatoms. The van der Waals surface area contributed by atoms with Crippen molar-refractivity contribution in [3.63, 3.8) is 0 Å². The maximum atomic E-state index is 12.7. The third kappa shape index (κ3) is 4.99. The van der Waals surface area contributed by atoms with Crippen LogP contribution in [0.5, 0.6) is 0 Å². The summed E-state index contributed by atoms with van der Waals surface area (Å²) in [7, 11) is -7.95. The van der Waals surface area contributed by atoms with Gasteiger partial charge in [-0.1, -0.05) is 60.7 Å². The molecule has 0 aliphatic carbocycles. The smallest absolute Gasteiger partial charge is 0.315 e. The molecule has 0 aliphatic heterocycles. The summed E-state index contributed by atoms with van der Waals surface area (Å²) in [5.74, 6) is 0. The molecule has 0 saturated heterocycles. The van der Waals surface area contributed by atoms with Gasteiger partial charge in [-0.25, -0.2) is 0 Å². The molecular weight excluding hydrogens is 378 g/mol. The van der Waals surface area contributed by atoms with Crippen LogP contribution in [0, 0.1) is 0 Å². The zero-order valence-electron chi connectivity index (χ0n) is 14.6. The van der Waals surface area contributed by atoms with Crippen molar-refractivity contribution in [3.05, 3.63) is 60.7 Å². The van der Waals surface area contributed by atoms with E-state index in [1.54, 1.807) is 24.3 Å². The highest BCUT2D eigenvalue weighted by molar-refractivity contribution is 7.57. The van der Waals surface area contributed by atoms with Gasteiger partial charge in [0.25, 0.3) is 0 Å². The first-order valence-corrected chi connectivity index (χ1v) is 13.3. The van der Waals surface area contributed by atoms with Crippen molar-refractivity contribution in [2.75, 3.05) is 27.5 Å². The molecule has 0 fully saturated rings. The van der Waals surface area contributed by atoms with E-state index in [9.17, 15) is 9.13 Å². The molecule has 0 bridgehead atoms. The number of rotatable bonds is 8. The average Bonchev–Trinajstić information content (AvgIpc) is 2.62. The normalized spacial score (nSPS) is 16.8. The molecule has 0 radical (unpaired) electrons. The third-order valence-corrected chi connectivity index (χ3v) is 11.8. The average molecular weight is 400 g/mol. The summed E-state index contributed by atoms with van der Waals surface area (Å²) in [5, 5.41) is 1.30. The minimum atomic E-state index is -3.64. The fourth-order valence-corrected chi connectivity index (χ4v) is 10.3. The van der Waals surface area contributed by atoms with Gasteiger partial charge in [0.1, 0.15) is 0 Å². The van der Waals surface area contributed by atoms with Gasteiger partial charge in [0.05, 0.1) is 0 Å². The molecule has 0 heterocycles. The Balaban J connectivity index is 2.73. The van der Waals surface area contributed by atoms with Gasteiger partial charge >= 0.3 is 23.8 Å². The van der Waals surface area contributed by atoms with Crippen molar-refractivity contribution in [2.45, 2.75) is 0 Å². The predicted octanol–water partition coefficient (Wildman–Crippen LogP) is 3.21. The lowest BCUT2D eigenvalue weighted by Gasteiger charge is -2.34. The van der Waals surface area contributed by atoms with E-state index in [-0.39, 0.29) is 0 Å². The molecule has 2 rings (SSSR count). The maximum absolute atomic E-state index is 12.7. The number of hydrogen-bond acceptors (Lipinski definition) is 6. The van der Waals surface area contributed by atoms with Gasteiger partial charge in [-0.15, -0.1) is 0 Å². The Hall–Kier alpha value is -1.04. The highest BCUT2D eigenvalue weighted by Gasteiger charge is 2.51. The van der Waals surface area contributed by atoms with Crippen molar-refractivity contribution < 1.29 is 26.6 Å². The first-order valence-electron chi connectivity index (χ1n) is 7.54. The molecular formula is C16H22O6P2Si.